The van der Waals surface area contributed by atoms with Gasteiger partial charge in [-0.1, -0.05) is 24.3 Å². The molecular weight excluding hydrogens is 314 g/mol. The lowest BCUT2D eigenvalue weighted by atomic mass is 10.0. The summed E-state index contributed by atoms with van der Waals surface area (Å²) in [5.74, 6) is -1.07. The summed E-state index contributed by atoms with van der Waals surface area (Å²) in [6.07, 6.45) is 1.37. The second kappa shape index (κ2) is 6.14. The zero-order valence-corrected chi connectivity index (χ0v) is 13.3. The standard InChI is InChI=1S/C17H17NO4S/c19-17(20)15-5-7-16(8-6-15)23(21,22)18-11-9-13-3-1-2-4-14(13)10-12-18/h1-8H,9-12H2,(H,19,20). The quantitative estimate of drug-likeness (QED) is 0.935. The summed E-state index contributed by atoms with van der Waals surface area (Å²) in [5, 5.41) is 8.90. The molecule has 0 atom stereocenters. The Morgan fingerprint density at radius 3 is 1.91 bits per heavy atom. The van der Waals surface area contributed by atoms with E-state index in [1.807, 2.05) is 24.3 Å². The molecule has 1 N–H and O–H groups in total. The number of carboxylic acid groups (broad SMARTS) is 1. The molecule has 5 nitrogen and oxygen atoms in total. The predicted molar refractivity (Wildman–Crippen MR) is 86.0 cm³/mol. The Balaban J connectivity index is 1.84. The maximum Gasteiger partial charge on any atom is 0.335 e. The average molecular weight is 331 g/mol. The minimum Gasteiger partial charge on any atom is -0.478 e. The van der Waals surface area contributed by atoms with Crippen molar-refractivity contribution in [2.24, 2.45) is 0 Å². The Hall–Kier alpha value is -2.18. The van der Waals surface area contributed by atoms with E-state index in [1.54, 1.807) is 0 Å². The molecule has 0 amide bonds. The molecule has 0 bridgehead atoms. The molecule has 0 aliphatic carbocycles. The third-order valence-corrected chi connectivity index (χ3v) is 6.03. The molecule has 6 heteroatoms. The fourth-order valence-corrected chi connectivity index (χ4v) is 4.25. The molecule has 120 valence electrons. The van der Waals surface area contributed by atoms with Crippen molar-refractivity contribution in [3.05, 3.63) is 65.2 Å². The normalized spacial score (nSPS) is 15.7. The van der Waals surface area contributed by atoms with E-state index in [0.29, 0.717) is 25.9 Å². The first-order valence-corrected chi connectivity index (χ1v) is 8.83. The highest BCUT2D eigenvalue weighted by molar-refractivity contribution is 7.89. The average Bonchev–Trinajstić information content (AvgIpc) is 2.78. The molecule has 0 unspecified atom stereocenters. The van der Waals surface area contributed by atoms with Gasteiger partial charge in [0.15, 0.2) is 0 Å². The molecule has 0 spiro atoms. The van der Waals surface area contributed by atoms with Gasteiger partial charge in [-0.15, -0.1) is 0 Å². The largest absolute Gasteiger partial charge is 0.478 e. The van der Waals surface area contributed by atoms with Crippen LogP contribution in [-0.4, -0.2) is 36.9 Å². The molecule has 0 radical (unpaired) electrons. The molecule has 3 rings (SSSR count). The molecule has 2 aromatic carbocycles. The number of fused-ring (bicyclic) bond motifs is 1. The van der Waals surface area contributed by atoms with Gasteiger partial charge in [-0.25, -0.2) is 13.2 Å². The van der Waals surface area contributed by atoms with Gasteiger partial charge in [0.2, 0.25) is 10.0 Å². The number of nitrogens with zero attached hydrogens (tertiary/aromatic N) is 1. The van der Waals surface area contributed by atoms with Crippen molar-refractivity contribution in [3.8, 4) is 0 Å². The highest BCUT2D eigenvalue weighted by Crippen LogP contribution is 2.22. The number of benzene rings is 2. The van der Waals surface area contributed by atoms with E-state index in [-0.39, 0.29) is 10.5 Å². The summed E-state index contributed by atoms with van der Waals surface area (Å²) in [5.41, 5.74) is 2.45. The van der Waals surface area contributed by atoms with Crippen LogP contribution in [0.15, 0.2) is 53.4 Å². The highest BCUT2D eigenvalue weighted by atomic mass is 32.2. The number of carbonyl (C=O) groups is 1. The van der Waals surface area contributed by atoms with Crippen molar-refractivity contribution in [2.45, 2.75) is 17.7 Å². The number of hydrogen-bond acceptors (Lipinski definition) is 3. The van der Waals surface area contributed by atoms with Crippen LogP contribution in [0.3, 0.4) is 0 Å². The van der Waals surface area contributed by atoms with E-state index < -0.39 is 16.0 Å². The van der Waals surface area contributed by atoms with Crippen molar-refractivity contribution in [3.63, 3.8) is 0 Å². The van der Waals surface area contributed by atoms with Crippen LogP contribution in [0, 0.1) is 0 Å². The molecule has 1 heterocycles. The first-order chi connectivity index (χ1) is 11.0. The maximum atomic E-state index is 12.8. The molecular formula is C17H17NO4S. The lowest BCUT2D eigenvalue weighted by Crippen LogP contribution is -2.33. The third kappa shape index (κ3) is 3.13. The van der Waals surface area contributed by atoms with Crippen LogP contribution in [0.5, 0.6) is 0 Å². The van der Waals surface area contributed by atoms with Crippen molar-refractivity contribution in [1.29, 1.82) is 0 Å². The van der Waals surface area contributed by atoms with Crippen LogP contribution in [0.25, 0.3) is 0 Å². The van der Waals surface area contributed by atoms with Gasteiger partial charge in [-0.05, 0) is 48.2 Å². The van der Waals surface area contributed by atoms with E-state index in [2.05, 4.69) is 0 Å². The second-order valence-electron chi connectivity index (χ2n) is 5.50. The van der Waals surface area contributed by atoms with E-state index in [0.717, 1.165) is 0 Å². The second-order valence-corrected chi connectivity index (χ2v) is 7.44. The van der Waals surface area contributed by atoms with Crippen molar-refractivity contribution < 1.29 is 18.3 Å². The number of sulfonamides is 1. The van der Waals surface area contributed by atoms with Gasteiger partial charge in [0.05, 0.1) is 10.5 Å². The number of rotatable bonds is 3. The summed E-state index contributed by atoms with van der Waals surface area (Å²) in [4.78, 5) is 11.0. The van der Waals surface area contributed by atoms with Crippen LogP contribution in [0.1, 0.15) is 21.5 Å². The Labute approximate surface area is 135 Å². The molecule has 23 heavy (non-hydrogen) atoms. The number of carboxylic acids is 1. The summed E-state index contributed by atoms with van der Waals surface area (Å²) < 4.78 is 27.0. The summed E-state index contributed by atoms with van der Waals surface area (Å²) >= 11 is 0. The smallest absolute Gasteiger partial charge is 0.335 e. The van der Waals surface area contributed by atoms with E-state index >= 15 is 0 Å². The summed E-state index contributed by atoms with van der Waals surface area (Å²) in [6.45, 7) is 0.861. The minimum absolute atomic E-state index is 0.0761. The van der Waals surface area contributed by atoms with Crippen molar-refractivity contribution in [1.82, 2.24) is 4.31 Å². The molecule has 0 aromatic heterocycles. The fourth-order valence-electron chi connectivity index (χ4n) is 2.81. The molecule has 0 saturated carbocycles. The van der Waals surface area contributed by atoms with Gasteiger partial charge in [0.25, 0.3) is 0 Å². The lowest BCUT2D eigenvalue weighted by Gasteiger charge is -2.20. The number of aromatic carboxylic acids is 1. The molecule has 0 saturated heterocycles. The SMILES string of the molecule is O=C(O)c1ccc(S(=O)(=O)N2CCc3ccccc3CC2)cc1. The predicted octanol–water partition coefficient (Wildman–Crippen LogP) is 2.17. The van der Waals surface area contributed by atoms with E-state index in [1.165, 1.54) is 39.7 Å². The molecule has 1 aliphatic heterocycles. The minimum atomic E-state index is -3.61. The first kappa shape index (κ1) is 15.7. The maximum absolute atomic E-state index is 12.8. The van der Waals surface area contributed by atoms with E-state index in [4.69, 9.17) is 5.11 Å². The van der Waals surface area contributed by atoms with Crippen molar-refractivity contribution in [2.75, 3.05) is 13.1 Å². The third-order valence-electron chi connectivity index (χ3n) is 4.12. The van der Waals surface area contributed by atoms with Crippen LogP contribution in [0.4, 0.5) is 0 Å². The van der Waals surface area contributed by atoms with Gasteiger partial charge in [0, 0.05) is 13.1 Å². The Kier molecular flexibility index (Phi) is 4.19. The van der Waals surface area contributed by atoms with Gasteiger partial charge >= 0.3 is 5.97 Å². The van der Waals surface area contributed by atoms with Crippen LogP contribution >= 0.6 is 0 Å². The van der Waals surface area contributed by atoms with Crippen LogP contribution in [0.2, 0.25) is 0 Å². The zero-order valence-electron chi connectivity index (χ0n) is 12.5. The number of hydrogen-bond donors (Lipinski definition) is 1. The van der Waals surface area contributed by atoms with Gasteiger partial charge < -0.3 is 5.11 Å². The van der Waals surface area contributed by atoms with Gasteiger partial charge in [-0.3, -0.25) is 0 Å². The zero-order chi connectivity index (χ0) is 16.4. The topological polar surface area (TPSA) is 74.7 Å². The van der Waals surface area contributed by atoms with Crippen molar-refractivity contribution >= 4 is 16.0 Å². The Bertz CT molecular complexity index is 801. The Morgan fingerprint density at radius 1 is 0.913 bits per heavy atom. The van der Waals surface area contributed by atoms with Gasteiger partial charge in [0.1, 0.15) is 0 Å². The molecule has 0 fully saturated rings. The Morgan fingerprint density at radius 2 is 1.43 bits per heavy atom. The monoisotopic (exact) mass is 331 g/mol. The summed E-state index contributed by atoms with van der Waals surface area (Å²) in [6, 6.07) is 13.4. The van der Waals surface area contributed by atoms with E-state index in [9.17, 15) is 13.2 Å². The van der Waals surface area contributed by atoms with Gasteiger partial charge in [-0.2, -0.15) is 4.31 Å². The molecule has 1 aliphatic rings. The lowest BCUT2D eigenvalue weighted by molar-refractivity contribution is 0.0696. The summed E-state index contributed by atoms with van der Waals surface area (Å²) in [7, 11) is -3.61. The fraction of sp³-hybridized carbons (Fsp3) is 0.235. The van der Waals surface area contributed by atoms with Crippen LogP contribution < -0.4 is 0 Å². The van der Waals surface area contributed by atoms with Crippen LogP contribution in [-0.2, 0) is 22.9 Å². The molecule has 2 aromatic rings. The highest BCUT2D eigenvalue weighted by Gasteiger charge is 2.26. The first-order valence-electron chi connectivity index (χ1n) is 7.39.